The zero-order valence-electron chi connectivity index (χ0n) is 15.1. The maximum atomic E-state index is 12.6. The normalized spacial score (nSPS) is 16.4. The average Bonchev–Trinajstić information content (AvgIpc) is 3.27. The summed E-state index contributed by atoms with van der Waals surface area (Å²) >= 11 is 0. The van der Waals surface area contributed by atoms with Gasteiger partial charge in [0.05, 0.1) is 12.1 Å². The molecule has 4 rings (SSSR count). The number of carbonyl (C=O) groups is 3. The average molecular weight is 376 g/mol. The zero-order chi connectivity index (χ0) is 19.5. The number of hydrogen-bond acceptors (Lipinski definition) is 3. The molecule has 2 heterocycles. The Morgan fingerprint density at radius 3 is 2.68 bits per heavy atom. The van der Waals surface area contributed by atoms with Gasteiger partial charge in [0.2, 0.25) is 5.91 Å². The Hall–Kier alpha value is -3.61. The quantitative estimate of drug-likeness (QED) is 0.577. The summed E-state index contributed by atoms with van der Waals surface area (Å²) in [5.74, 6) is -0.687. The van der Waals surface area contributed by atoms with E-state index in [4.69, 9.17) is 0 Å². The van der Waals surface area contributed by atoms with Crippen molar-refractivity contribution in [1.29, 1.82) is 0 Å². The van der Waals surface area contributed by atoms with Gasteiger partial charge in [-0.1, -0.05) is 36.4 Å². The summed E-state index contributed by atoms with van der Waals surface area (Å²) in [7, 11) is 0. The molecule has 0 radical (unpaired) electrons. The number of hydrogen-bond donors (Lipinski definition) is 3. The van der Waals surface area contributed by atoms with E-state index in [2.05, 4.69) is 15.6 Å². The number of aromatic nitrogens is 1. The fraction of sp³-hybridized carbons (Fsp3) is 0.190. The van der Waals surface area contributed by atoms with E-state index in [1.165, 1.54) is 4.90 Å². The van der Waals surface area contributed by atoms with Crippen LogP contribution in [0.1, 0.15) is 12.0 Å². The molecule has 1 aliphatic heterocycles. The third-order valence-corrected chi connectivity index (χ3v) is 4.83. The van der Waals surface area contributed by atoms with Crippen LogP contribution >= 0.6 is 0 Å². The number of urea groups is 1. The van der Waals surface area contributed by atoms with Crippen LogP contribution in [0.15, 0.2) is 60.8 Å². The first-order valence-corrected chi connectivity index (χ1v) is 9.13. The van der Waals surface area contributed by atoms with Gasteiger partial charge >= 0.3 is 6.03 Å². The second kappa shape index (κ2) is 7.56. The predicted molar refractivity (Wildman–Crippen MR) is 106 cm³/mol. The fourth-order valence-corrected chi connectivity index (χ4v) is 3.39. The minimum atomic E-state index is -0.839. The van der Waals surface area contributed by atoms with Crippen molar-refractivity contribution < 1.29 is 14.4 Å². The number of nitrogens with one attached hydrogen (secondary N) is 3. The number of aromatic amines is 1. The number of fused-ring (bicyclic) bond motifs is 1. The molecule has 0 saturated carbocycles. The first-order valence-electron chi connectivity index (χ1n) is 9.13. The summed E-state index contributed by atoms with van der Waals surface area (Å²) in [4.78, 5) is 41.4. The molecular weight excluding hydrogens is 356 g/mol. The van der Waals surface area contributed by atoms with Gasteiger partial charge in [0.25, 0.3) is 5.91 Å². The molecule has 1 saturated heterocycles. The molecule has 1 fully saturated rings. The van der Waals surface area contributed by atoms with Gasteiger partial charge in [-0.05, 0) is 30.2 Å². The van der Waals surface area contributed by atoms with Gasteiger partial charge in [0.1, 0.15) is 6.04 Å². The molecule has 1 atom stereocenters. The minimum absolute atomic E-state index is 0.104. The number of rotatable bonds is 6. The highest BCUT2D eigenvalue weighted by Gasteiger charge is 2.38. The number of imide groups is 1. The van der Waals surface area contributed by atoms with Gasteiger partial charge < -0.3 is 15.6 Å². The largest absolute Gasteiger partial charge is 0.361 e. The Labute approximate surface area is 161 Å². The van der Waals surface area contributed by atoms with Crippen molar-refractivity contribution in [2.75, 3.05) is 11.9 Å². The third-order valence-electron chi connectivity index (χ3n) is 4.83. The van der Waals surface area contributed by atoms with Crippen LogP contribution in [0.4, 0.5) is 10.5 Å². The van der Waals surface area contributed by atoms with Crippen molar-refractivity contribution in [3.05, 3.63) is 66.4 Å². The van der Waals surface area contributed by atoms with Crippen molar-refractivity contribution >= 4 is 34.4 Å². The molecule has 1 aliphatic rings. The van der Waals surface area contributed by atoms with E-state index in [1.54, 1.807) is 12.3 Å². The highest BCUT2D eigenvalue weighted by Crippen LogP contribution is 2.22. The monoisotopic (exact) mass is 376 g/mol. The second-order valence-electron chi connectivity index (χ2n) is 6.72. The summed E-state index contributed by atoms with van der Waals surface area (Å²) < 4.78 is 0. The number of benzene rings is 2. The van der Waals surface area contributed by atoms with Crippen LogP contribution in [-0.2, 0) is 16.0 Å². The molecule has 0 spiro atoms. The maximum absolute atomic E-state index is 12.6. The second-order valence-corrected chi connectivity index (χ2v) is 6.72. The Bertz CT molecular complexity index is 1030. The van der Waals surface area contributed by atoms with Gasteiger partial charge in [-0.2, -0.15) is 0 Å². The first kappa shape index (κ1) is 17.8. The van der Waals surface area contributed by atoms with Crippen molar-refractivity contribution in [1.82, 2.24) is 15.2 Å². The highest BCUT2D eigenvalue weighted by molar-refractivity contribution is 6.08. The SMILES string of the molecule is O=C(CC1NC(=O)N(CCc2ccccc2)C1=O)Nc1cccc2[nH]ccc12. The highest BCUT2D eigenvalue weighted by atomic mass is 16.2. The fourth-order valence-electron chi connectivity index (χ4n) is 3.39. The van der Waals surface area contributed by atoms with Gasteiger partial charge in [-0.25, -0.2) is 4.79 Å². The Morgan fingerprint density at radius 2 is 1.86 bits per heavy atom. The Morgan fingerprint density at radius 1 is 1.04 bits per heavy atom. The molecule has 7 heteroatoms. The molecule has 28 heavy (non-hydrogen) atoms. The van der Waals surface area contributed by atoms with Crippen LogP contribution in [0, 0.1) is 0 Å². The number of amides is 4. The van der Waals surface area contributed by atoms with Crippen molar-refractivity contribution in [2.24, 2.45) is 0 Å². The molecule has 2 aromatic carbocycles. The number of anilines is 1. The van der Waals surface area contributed by atoms with E-state index < -0.39 is 12.1 Å². The lowest BCUT2D eigenvalue weighted by Crippen LogP contribution is -2.34. The van der Waals surface area contributed by atoms with Gasteiger partial charge in [0.15, 0.2) is 0 Å². The lowest BCUT2D eigenvalue weighted by Gasteiger charge is -2.13. The smallest absolute Gasteiger partial charge is 0.324 e. The number of nitrogens with zero attached hydrogens (tertiary/aromatic N) is 1. The van der Waals surface area contributed by atoms with Crippen LogP contribution in [0.3, 0.4) is 0 Å². The molecule has 0 bridgehead atoms. The summed E-state index contributed by atoms with van der Waals surface area (Å²) in [5, 5.41) is 6.33. The van der Waals surface area contributed by atoms with Crippen molar-refractivity contribution in [3.63, 3.8) is 0 Å². The molecular formula is C21H20N4O3. The Balaban J connectivity index is 1.37. The minimum Gasteiger partial charge on any atom is -0.361 e. The summed E-state index contributed by atoms with van der Waals surface area (Å²) in [5.41, 5.74) is 2.63. The van der Waals surface area contributed by atoms with Gasteiger partial charge in [-0.15, -0.1) is 0 Å². The van der Waals surface area contributed by atoms with E-state index in [9.17, 15) is 14.4 Å². The van der Waals surface area contributed by atoms with Crippen LogP contribution in [0.2, 0.25) is 0 Å². The summed E-state index contributed by atoms with van der Waals surface area (Å²) in [6.45, 7) is 0.287. The number of carbonyl (C=O) groups excluding carboxylic acids is 3. The van der Waals surface area contributed by atoms with Crippen molar-refractivity contribution in [2.45, 2.75) is 18.9 Å². The van der Waals surface area contributed by atoms with E-state index >= 15 is 0 Å². The molecule has 142 valence electrons. The third kappa shape index (κ3) is 3.59. The molecule has 3 N–H and O–H groups in total. The van der Waals surface area contributed by atoms with Crippen LogP contribution in [-0.4, -0.2) is 40.3 Å². The molecule has 7 nitrogen and oxygen atoms in total. The molecule has 1 aromatic heterocycles. The van der Waals surface area contributed by atoms with E-state index in [1.807, 2.05) is 48.5 Å². The molecule has 4 amide bonds. The van der Waals surface area contributed by atoms with Gasteiger partial charge in [0, 0.05) is 23.6 Å². The van der Waals surface area contributed by atoms with Gasteiger partial charge in [-0.3, -0.25) is 14.5 Å². The first-order chi connectivity index (χ1) is 13.6. The Kier molecular flexibility index (Phi) is 4.80. The topological polar surface area (TPSA) is 94.3 Å². The van der Waals surface area contributed by atoms with Crippen LogP contribution in [0.5, 0.6) is 0 Å². The van der Waals surface area contributed by atoms with E-state index in [0.29, 0.717) is 12.1 Å². The zero-order valence-corrected chi connectivity index (χ0v) is 15.1. The van der Waals surface area contributed by atoms with Crippen LogP contribution < -0.4 is 10.6 Å². The standard InChI is InChI=1S/C21H20N4O3/c26-19(23-17-8-4-7-16-15(17)9-11-22-16)13-18-20(27)25(21(28)24-18)12-10-14-5-2-1-3-6-14/h1-9,11,18,22H,10,12-13H2,(H,23,26)(H,24,28). The van der Waals surface area contributed by atoms with E-state index in [-0.39, 0.29) is 24.8 Å². The lowest BCUT2D eigenvalue weighted by atomic mass is 10.1. The summed E-state index contributed by atoms with van der Waals surface area (Å²) in [6.07, 6.45) is 2.27. The van der Waals surface area contributed by atoms with E-state index in [0.717, 1.165) is 16.5 Å². The number of H-pyrrole nitrogens is 1. The molecule has 0 aliphatic carbocycles. The van der Waals surface area contributed by atoms with Crippen LogP contribution in [0.25, 0.3) is 10.9 Å². The maximum Gasteiger partial charge on any atom is 0.324 e. The molecule has 1 unspecified atom stereocenters. The predicted octanol–water partition coefficient (Wildman–Crippen LogP) is 2.66. The van der Waals surface area contributed by atoms with Crippen molar-refractivity contribution in [3.8, 4) is 0 Å². The lowest BCUT2D eigenvalue weighted by molar-refractivity contribution is -0.129. The molecule has 3 aromatic rings. The summed E-state index contributed by atoms with van der Waals surface area (Å²) in [6, 6.07) is 15.8.